The molecule has 0 radical (unpaired) electrons. The van der Waals surface area contributed by atoms with Crippen molar-refractivity contribution >= 4 is 12.2 Å². The number of aliphatic hydroxyl groups is 1. The molecular weight excluding hydrogens is 350 g/mol. The number of aliphatic hydroxyl groups excluding tert-OH is 1. The van der Waals surface area contributed by atoms with Gasteiger partial charge in [-0.2, -0.15) is 0 Å². The van der Waals surface area contributed by atoms with E-state index < -0.39 is 23.4 Å². The highest BCUT2D eigenvalue weighted by Crippen LogP contribution is 2.30. The predicted octanol–water partition coefficient (Wildman–Crippen LogP) is 3.35. The number of rotatable bonds is 2. The van der Waals surface area contributed by atoms with Crippen LogP contribution in [-0.2, 0) is 9.47 Å². The first-order chi connectivity index (χ1) is 12.4. The van der Waals surface area contributed by atoms with Gasteiger partial charge in [-0.3, -0.25) is 0 Å². The van der Waals surface area contributed by atoms with E-state index in [1.165, 1.54) is 17.1 Å². The van der Waals surface area contributed by atoms with Crippen LogP contribution in [0.4, 0.5) is 9.59 Å². The number of amides is 1. The van der Waals surface area contributed by atoms with E-state index in [1.807, 2.05) is 20.8 Å². The molecule has 2 heterocycles. The molecular formula is C19H31N3O5. The van der Waals surface area contributed by atoms with Crippen LogP contribution >= 0.6 is 0 Å². The molecule has 1 aromatic heterocycles. The molecule has 0 saturated carbocycles. The molecule has 27 heavy (non-hydrogen) atoms. The molecule has 2 rings (SSSR count). The van der Waals surface area contributed by atoms with Gasteiger partial charge in [-0.05, 0) is 60.3 Å². The van der Waals surface area contributed by atoms with Crippen molar-refractivity contribution in [2.24, 2.45) is 5.92 Å². The fraction of sp³-hybridized carbons (Fsp3) is 0.737. The van der Waals surface area contributed by atoms with Gasteiger partial charge in [0.2, 0.25) is 0 Å². The third-order valence-electron chi connectivity index (χ3n) is 4.15. The summed E-state index contributed by atoms with van der Waals surface area (Å²) in [6.45, 7) is 11.9. The standard InChI is InChI=1S/C19H31N3O5/c1-18(2,3)26-16(24)21-9-7-13(8-10-21)15(23)14-11-22(12-20-14)17(25)27-19(4,5)6/h11-13,15,23H,7-10H2,1-6H3/t15-/m1/s1. The van der Waals surface area contributed by atoms with E-state index in [4.69, 9.17) is 9.47 Å². The summed E-state index contributed by atoms with van der Waals surface area (Å²) in [5.74, 6) is -0.0364. The largest absolute Gasteiger partial charge is 0.444 e. The maximum Gasteiger partial charge on any atom is 0.419 e. The Morgan fingerprint density at radius 1 is 1.07 bits per heavy atom. The lowest BCUT2D eigenvalue weighted by Gasteiger charge is -2.34. The molecule has 1 amide bonds. The topological polar surface area (TPSA) is 93.9 Å². The Labute approximate surface area is 160 Å². The van der Waals surface area contributed by atoms with Crippen molar-refractivity contribution in [1.82, 2.24) is 14.5 Å². The predicted molar refractivity (Wildman–Crippen MR) is 99.3 cm³/mol. The highest BCUT2D eigenvalue weighted by Gasteiger charge is 2.31. The van der Waals surface area contributed by atoms with Crippen LogP contribution in [0, 0.1) is 5.92 Å². The summed E-state index contributed by atoms with van der Waals surface area (Å²) in [4.78, 5) is 30.0. The van der Waals surface area contributed by atoms with Crippen LogP contribution in [0.5, 0.6) is 0 Å². The lowest BCUT2D eigenvalue weighted by atomic mass is 9.90. The smallest absolute Gasteiger partial charge is 0.419 e. The van der Waals surface area contributed by atoms with Crippen molar-refractivity contribution in [3.8, 4) is 0 Å². The molecule has 1 N–H and O–H groups in total. The van der Waals surface area contributed by atoms with Crippen LogP contribution in [0.15, 0.2) is 12.5 Å². The van der Waals surface area contributed by atoms with Gasteiger partial charge in [0.1, 0.15) is 23.6 Å². The van der Waals surface area contributed by atoms with E-state index in [0.29, 0.717) is 31.6 Å². The SMILES string of the molecule is CC(C)(C)OC(=O)N1CCC([C@@H](O)c2cn(C(=O)OC(C)(C)C)cn2)CC1. The first-order valence-electron chi connectivity index (χ1n) is 9.29. The van der Waals surface area contributed by atoms with E-state index in [9.17, 15) is 14.7 Å². The summed E-state index contributed by atoms with van der Waals surface area (Å²) in [5.41, 5.74) is -0.701. The van der Waals surface area contributed by atoms with Gasteiger partial charge in [0, 0.05) is 19.3 Å². The lowest BCUT2D eigenvalue weighted by molar-refractivity contribution is 0.00712. The Kier molecular flexibility index (Phi) is 6.19. The van der Waals surface area contributed by atoms with E-state index in [0.717, 1.165) is 0 Å². The van der Waals surface area contributed by atoms with E-state index in [1.54, 1.807) is 25.7 Å². The summed E-state index contributed by atoms with van der Waals surface area (Å²) < 4.78 is 11.9. The molecule has 1 aromatic rings. The second kappa shape index (κ2) is 7.88. The van der Waals surface area contributed by atoms with E-state index >= 15 is 0 Å². The van der Waals surface area contributed by atoms with Crippen LogP contribution < -0.4 is 0 Å². The quantitative estimate of drug-likeness (QED) is 0.844. The van der Waals surface area contributed by atoms with Crippen LogP contribution in [0.1, 0.15) is 66.2 Å². The molecule has 1 aliphatic heterocycles. The zero-order chi connectivity index (χ0) is 20.4. The van der Waals surface area contributed by atoms with Gasteiger partial charge in [-0.1, -0.05) is 0 Å². The number of aromatic nitrogens is 2. The molecule has 1 atom stereocenters. The van der Waals surface area contributed by atoms with Gasteiger partial charge in [-0.25, -0.2) is 19.1 Å². The first-order valence-corrected chi connectivity index (χ1v) is 9.29. The van der Waals surface area contributed by atoms with Gasteiger partial charge >= 0.3 is 12.2 Å². The number of hydrogen-bond acceptors (Lipinski definition) is 6. The summed E-state index contributed by atoms with van der Waals surface area (Å²) in [5, 5.41) is 10.6. The van der Waals surface area contributed by atoms with Gasteiger partial charge in [0.15, 0.2) is 0 Å². The summed E-state index contributed by atoms with van der Waals surface area (Å²) in [6, 6.07) is 0. The molecule has 0 aliphatic carbocycles. The number of imidazole rings is 1. The number of nitrogens with zero attached hydrogens (tertiary/aromatic N) is 3. The second-order valence-corrected chi connectivity index (χ2v) is 8.94. The number of carbonyl (C=O) groups excluding carboxylic acids is 2. The van der Waals surface area contributed by atoms with Gasteiger partial charge in [0.25, 0.3) is 0 Å². The van der Waals surface area contributed by atoms with Crippen LogP contribution in [0.2, 0.25) is 0 Å². The lowest BCUT2D eigenvalue weighted by Crippen LogP contribution is -2.42. The minimum Gasteiger partial charge on any atom is -0.444 e. The van der Waals surface area contributed by atoms with Crippen molar-refractivity contribution in [2.45, 2.75) is 71.7 Å². The van der Waals surface area contributed by atoms with Crippen molar-refractivity contribution in [3.05, 3.63) is 18.2 Å². The third-order valence-corrected chi connectivity index (χ3v) is 4.15. The number of hydrogen-bond donors (Lipinski definition) is 1. The number of carbonyl (C=O) groups is 2. The number of piperidine rings is 1. The highest BCUT2D eigenvalue weighted by molar-refractivity contribution is 5.70. The fourth-order valence-electron chi connectivity index (χ4n) is 2.87. The van der Waals surface area contributed by atoms with Crippen molar-refractivity contribution in [1.29, 1.82) is 0 Å². The van der Waals surface area contributed by atoms with Crippen molar-refractivity contribution in [3.63, 3.8) is 0 Å². The Hall–Kier alpha value is -2.09. The first kappa shape index (κ1) is 21.2. The summed E-state index contributed by atoms with van der Waals surface area (Å²) in [7, 11) is 0. The molecule has 8 nitrogen and oxygen atoms in total. The molecule has 1 aliphatic rings. The zero-order valence-electron chi connectivity index (χ0n) is 17.1. The third kappa shape index (κ3) is 6.23. The fourth-order valence-corrected chi connectivity index (χ4v) is 2.87. The maximum absolute atomic E-state index is 12.1. The van der Waals surface area contributed by atoms with Crippen molar-refractivity contribution in [2.75, 3.05) is 13.1 Å². The van der Waals surface area contributed by atoms with Crippen LogP contribution in [0.25, 0.3) is 0 Å². The molecule has 0 bridgehead atoms. The molecule has 1 fully saturated rings. The minimum atomic E-state index is -0.797. The van der Waals surface area contributed by atoms with E-state index in [-0.39, 0.29) is 12.0 Å². The Morgan fingerprint density at radius 2 is 1.59 bits per heavy atom. The Bertz CT molecular complexity index is 664. The average molecular weight is 381 g/mol. The minimum absolute atomic E-state index is 0.0364. The monoisotopic (exact) mass is 381 g/mol. The van der Waals surface area contributed by atoms with Crippen LogP contribution in [0.3, 0.4) is 0 Å². The Morgan fingerprint density at radius 3 is 2.11 bits per heavy atom. The molecule has 152 valence electrons. The average Bonchev–Trinajstić information content (AvgIpc) is 3.01. The van der Waals surface area contributed by atoms with Gasteiger partial charge in [0.05, 0.1) is 5.69 Å². The highest BCUT2D eigenvalue weighted by atomic mass is 16.6. The van der Waals surface area contributed by atoms with E-state index in [2.05, 4.69) is 4.98 Å². The van der Waals surface area contributed by atoms with Gasteiger partial charge in [-0.15, -0.1) is 0 Å². The molecule has 0 aromatic carbocycles. The second-order valence-electron chi connectivity index (χ2n) is 8.94. The molecule has 0 spiro atoms. The number of likely N-dealkylation sites (tertiary alicyclic amines) is 1. The molecule has 8 heteroatoms. The summed E-state index contributed by atoms with van der Waals surface area (Å²) in [6.07, 6.45) is 2.47. The maximum atomic E-state index is 12.1. The molecule has 1 saturated heterocycles. The van der Waals surface area contributed by atoms with Gasteiger partial charge < -0.3 is 19.5 Å². The zero-order valence-corrected chi connectivity index (χ0v) is 17.1. The number of ether oxygens (including phenoxy) is 2. The summed E-state index contributed by atoms with van der Waals surface area (Å²) >= 11 is 0. The molecule has 0 unspecified atom stereocenters. The normalized spacial score (nSPS) is 17.5. The van der Waals surface area contributed by atoms with Crippen LogP contribution in [-0.4, -0.2) is 56.0 Å². The van der Waals surface area contributed by atoms with Crippen molar-refractivity contribution < 1.29 is 24.2 Å². The Balaban J connectivity index is 1.92.